The van der Waals surface area contributed by atoms with Crippen molar-refractivity contribution in [2.75, 3.05) is 49.9 Å². The molecule has 0 spiro atoms. The van der Waals surface area contributed by atoms with Gasteiger partial charge < -0.3 is 25.8 Å². The first-order valence-corrected chi connectivity index (χ1v) is 12.2. The van der Waals surface area contributed by atoms with E-state index in [-0.39, 0.29) is 17.7 Å². The molecule has 0 unspecified atom stereocenters. The molecule has 0 aliphatic carbocycles. The Kier molecular flexibility index (Phi) is 6.49. The number of benzene rings is 2. The number of hydrogen-bond acceptors (Lipinski definition) is 5. The van der Waals surface area contributed by atoms with Gasteiger partial charge in [0.15, 0.2) is 0 Å². The van der Waals surface area contributed by atoms with E-state index in [0.717, 1.165) is 44.7 Å². The van der Waals surface area contributed by atoms with Gasteiger partial charge in [0.1, 0.15) is 0 Å². The van der Waals surface area contributed by atoms with Gasteiger partial charge in [-0.25, -0.2) is 0 Å². The smallest absolute Gasteiger partial charge is 0.255 e. The van der Waals surface area contributed by atoms with E-state index in [1.54, 1.807) is 24.3 Å². The summed E-state index contributed by atoms with van der Waals surface area (Å²) in [6.07, 6.45) is 4.58. The van der Waals surface area contributed by atoms with E-state index < -0.39 is 0 Å². The van der Waals surface area contributed by atoms with Crippen molar-refractivity contribution in [3.05, 3.63) is 58.7 Å². The second kappa shape index (κ2) is 9.85. The molecule has 0 atom stereocenters. The van der Waals surface area contributed by atoms with Gasteiger partial charge in [-0.3, -0.25) is 14.4 Å². The van der Waals surface area contributed by atoms with Crippen molar-refractivity contribution in [3.8, 4) is 0 Å². The second-order valence-corrected chi connectivity index (χ2v) is 9.20. The van der Waals surface area contributed by atoms with Crippen molar-refractivity contribution < 1.29 is 14.4 Å². The molecular formula is C26H31N5O3. The Bertz CT molecular complexity index is 1090. The molecule has 2 aromatic carbocycles. The van der Waals surface area contributed by atoms with E-state index in [1.807, 2.05) is 17.0 Å². The summed E-state index contributed by atoms with van der Waals surface area (Å²) in [5, 5.41) is 9.08. The van der Waals surface area contributed by atoms with Crippen LogP contribution in [-0.4, -0.2) is 66.8 Å². The Morgan fingerprint density at radius 1 is 0.912 bits per heavy atom. The lowest BCUT2D eigenvalue weighted by Gasteiger charge is -2.18. The molecule has 0 saturated carbocycles. The molecule has 178 valence electrons. The third-order valence-electron chi connectivity index (χ3n) is 6.94. The lowest BCUT2D eigenvalue weighted by Crippen LogP contribution is -2.28. The zero-order valence-electron chi connectivity index (χ0n) is 19.4. The van der Waals surface area contributed by atoms with E-state index in [4.69, 9.17) is 0 Å². The monoisotopic (exact) mass is 461 g/mol. The number of amides is 3. The van der Waals surface area contributed by atoms with E-state index in [2.05, 4.69) is 20.9 Å². The van der Waals surface area contributed by atoms with Gasteiger partial charge in [-0.2, -0.15) is 0 Å². The summed E-state index contributed by atoms with van der Waals surface area (Å²) in [5.41, 5.74) is 3.50. The molecule has 0 bridgehead atoms. The first-order chi connectivity index (χ1) is 16.6. The molecule has 8 heteroatoms. The minimum absolute atomic E-state index is 0.0454. The van der Waals surface area contributed by atoms with Gasteiger partial charge in [-0.1, -0.05) is 0 Å². The lowest BCUT2D eigenvalue weighted by molar-refractivity contribution is 0.0791. The Morgan fingerprint density at radius 2 is 1.62 bits per heavy atom. The fraction of sp³-hybridized carbons (Fsp3) is 0.423. The third-order valence-corrected chi connectivity index (χ3v) is 6.94. The molecule has 8 nitrogen and oxygen atoms in total. The van der Waals surface area contributed by atoms with Crippen LogP contribution in [0.1, 0.15) is 62.3 Å². The van der Waals surface area contributed by atoms with Crippen molar-refractivity contribution in [2.45, 2.75) is 32.2 Å². The molecule has 2 fully saturated rings. The zero-order valence-corrected chi connectivity index (χ0v) is 19.4. The van der Waals surface area contributed by atoms with Crippen molar-refractivity contribution in [1.82, 2.24) is 15.1 Å². The van der Waals surface area contributed by atoms with E-state index >= 15 is 0 Å². The number of carbonyl (C=O) groups excluding carboxylic acids is 3. The average Bonchev–Trinajstić information content (AvgIpc) is 3.62. The molecule has 5 rings (SSSR count). The summed E-state index contributed by atoms with van der Waals surface area (Å²) in [5.74, 6) is -0.598. The summed E-state index contributed by atoms with van der Waals surface area (Å²) in [6, 6.07) is 10.7. The maximum Gasteiger partial charge on any atom is 0.255 e. The Balaban J connectivity index is 1.25. The lowest BCUT2D eigenvalue weighted by atomic mass is 10.00. The first kappa shape index (κ1) is 22.4. The van der Waals surface area contributed by atoms with Crippen LogP contribution in [0.2, 0.25) is 0 Å². The molecule has 3 heterocycles. The summed E-state index contributed by atoms with van der Waals surface area (Å²) < 4.78 is 0. The SMILES string of the molecule is O=C(Nc1ccc(C(=O)N2CCCC2)c2c1C(=O)NC2)c1ccc(NCCN2CCCC2)cc1. The van der Waals surface area contributed by atoms with Crippen molar-refractivity contribution in [3.63, 3.8) is 0 Å². The topological polar surface area (TPSA) is 93.8 Å². The second-order valence-electron chi connectivity index (χ2n) is 9.20. The molecule has 3 N–H and O–H groups in total. The normalized spacial score (nSPS) is 17.5. The number of fused-ring (bicyclic) bond motifs is 1. The highest BCUT2D eigenvalue weighted by Crippen LogP contribution is 2.30. The molecule has 2 aromatic rings. The minimum Gasteiger partial charge on any atom is -0.384 e. The van der Waals surface area contributed by atoms with E-state index in [0.29, 0.717) is 34.5 Å². The molecular weight excluding hydrogens is 430 g/mol. The fourth-order valence-corrected chi connectivity index (χ4v) is 5.04. The van der Waals surface area contributed by atoms with Crippen LogP contribution in [0.3, 0.4) is 0 Å². The number of hydrogen-bond donors (Lipinski definition) is 3. The number of nitrogens with zero attached hydrogens (tertiary/aromatic N) is 2. The Hall–Kier alpha value is -3.39. The molecule has 3 aliphatic rings. The van der Waals surface area contributed by atoms with Crippen LogP contribution in [0.4, 0.5) is 11.4 Å². The number of carbonyl (C=O) groups is 3. The maximum absolute atomic E-state index is 12.9. The number of likely N-dealkylation sites (tertiary alicyclic amines) is 2. The van der Waals surface area contributed by atoms with Crippen molar-refractivity contribution in [2.24, 2.45) is 0 Å². The largest absolute Gasteiger partial charge is 0.384 e. The van der Waals surface area contributed by atoms with Crippen LogP contribution in [0.15, 0.2) is 36.4 Å². The van der Waals surface area contributed by atoms with Crippen LogP contribution in [0, 0.1) is 0 Å². The summed E-state index contributed by atoms with van der Waals surface area (Å²) in [7, 11) is 0. The summed E-state index contributed by atoms with van der Waals surface area (Å²) in [6.45, 7) is 6.03. The van der Waals surface area contributed by atoms with Crippen LogP contribution >= 0.6 is 0 Å². The molecule has 0 aromatic heterocycles. The van der Waals surface area contributed by atoms with Crippen LogP contribution in [0.5, 0.6) is 0 Å². The van der Waals surface area contributed by atoms with Gasteiger partial charge in [-0.15, -0.1) is 0 Å². The van der Waals surface area contributed by atoms with Crippen LogP contribution in [0.25, 0.3) is 0 Å². The highest BCUT2D eigenvalue weighted by Gasteiger charge is 2.31. The number of rotatable bonds is 7. The van der Waals surface area contributed by atoms with Gasteiger partial charge in [0.2, 0.25) is 0 Å². The first-order valence-electron chi connectivity index (χ1n) is 12.2. The molecule has 34 heavy (non-hydrogen) atoms. The zero-order chi connectivity index (χ0) is 23.5. The Labute approximate surface area is 199 Å². The standard InChI is InChI=1S/C26H31N5O3/c32-24(18-5-7-19(8-6-18)27-11-16-30-12-1-2-13-30)29-22-10-9-20(21-17-28-25(33)23(21)22)26(34)31-14-3-4-15-31/h5-10,27H,1-4,11-17H2,(H,28,33)(H,29,32). The average molecular weight is 462 g/mol. The summed E-state index contributed by atoms with van der Waals surface area (Å²) >= 11 is 0. The van der Waals surface area contributed by atoms with Crippen molar-refractivity contribution >= 4 is 29.1 Å². The van der Waals surface area contributed by atoms with Crippen LogP contribution < -0.4 is 16.0 Å². The highest BCUT2D eigenvalue weighted by atomic mass is 16.2. The predicted molar refractivity (Wildman–Crippen MR) is 131 cm³/mol. The molecule has 2 saturated heterocycles. The molecule has 3 amide bonds. The molecule has 0 radical (unpaired) electrons. The Morgan fingerprint density at radius 3 is 2.35 bits per heavy atom. The van der Waals surface area contributed by atoms with Gasteiger partial charge >= 0.3 is 0 Å². The van der Waals surface area contributed by atoms with Gasteiger partial charge in [0.05, 0.1) is 11.3 Å². The number of nitrogens with one attached hydrogen (secondary N) is 3. The van der Waals surface area contributed by atoms with Gasteiger partial charge in [0, 0.05) is 49.5 Å². The van der Waals surface area contributed by atoms with E-state index in [1.165, 1.54) is 25.9 Å². The van der Waals surface area contributed by atoms with E-state index in [9.17, 15) is 14.4 Å². The fourth-order valence-electron chi connectivity index (χ4n) is 5.04. The third kappa shape index (κ3) is 4.63. The van der Waals surface area contributed by atoms with Gasteiger partial charge in [0.25, 0.3) is 17.7 Å². The summed E-state index contributed by atoms with van der Waals surface area (Å²) in [4.78, 5) is 42.7. The minimum atomic E-state index is -0.288. The molecule has 3 aliphatic heterocycles. The quantitative estimate of drug-likeness (QED) is 0.590. The van der Waals surface area contributed by atoms with Crippen LogP contribution in [-0.2, 0) is 6.54 Å². The predicted octanol–water partition coefficient (Wildman–Crippen LogP) is 2.93. The maximum atomic E-state index is 12.9. The van der Waals surface area contributed by atoms with Crippen molar-refractivity contribution in [1.29, 1.82) is 0 Å². The number of anilines is 2. The highest BCUT2D eigenvalue weighted by molar-refractivity contribution is 6.12. The van der Waals surface area contributed by atoms with Gasteiger partial charge in [-0.05, 0) is 80.7 Å².